The van der Waals surface area contributed by atoms with Crippen LogP contribution >= 0.6 is 0 Å². The molecule has 0 bridgehead atoms. The minimum Gasteiger partial charge on any atom is -0.508 e. The van der Waals surface area contributed by atoms with Gasteiger partial charge in [-0.1, -0.05) is 62.4 Å². The van der Waals surface area contributed by atoms with Crippen molar-refractivity contribution in [3.63, 3.8) is 0 Å². The van der Waals surface area contributed by atoms with Crippen molar-refractivity contribution in [2.24, 2.45) is 5.41 Å². The van der Waals surface area contributed by atoms with Gasteiger partial charge >= 0.3 is 0 Å². The van der Waals surface area contributed by atoms with Crippen LogP contribution in [0.3, 0.4) is 0 Å². The van der Waals surface area contributed by atoms with Gasteiger partial charge in [0.2, 0.25) is 5.91 Å². The maximum Gasteiger partial charge on any atom is 0.272 e. The van der Waals surface area contributed by atoms with Crippen LogP contribution in [0.5, 0.6) is 5.75 Å². The molecule has 4 rings (SSSR count). The van der Waals surface area contributed by atoms with E-state index in [2.05, 4.69) is 10.6 Å². The summed E-state index contributed by atoms with van der Waals surface area (Å²) in [4.78, 5) is 43.3. The number of nitrogens with one attached hydrogen (secondary N) is 2. The molecule has 11 heteroatoms. The number of anilines is 1. The Morgan fingerprint density at radius 3 is 2.24 bits per heavy atom. The van der Waals surface area contributed by atoms with Gasteiger partial charge in [0.25, 0.3) is 17.7 Å². The van der Waals surface area contributed by atoms with Gasteiger partial charge in [-0.2, -0.15) is 0 Å². The first kappa shape index (κ1) is 33.4. The number of carbonyl (C=O) groups excluding carboxylic acids is 3. The lowest BCUT2D eigenvalue weighted by atomic mass is 9.81. The molecule has 1 aliphatic heterocycles. The molecule has 0 spiro atoms. The van der Waals surface area contributed by atoms with Crippen molar-refractivity contribution in [2.75, 3.05) is 25.5 Å². The van der Waals surface area contributed by atoms with Gasteiger partial charge < -0.3 is 30.6 Å². The molecule has 9 nitrogen and oxygen atoms in total. The van der Waals surface area contributed by atoms with Crippen molar-refractivity contribution in [1.82, 2.24) is 15.5 Å². The molecule has 1 saturated heterocycles. The van der Waals surface area contributed by atoms with Crippen molar-refractivity contribution < 1.29 is 33.4 Å². The van der Waals surface area contributed by atoms with Gasteiger partial charge in [-0.15, -0.1) is 0 Å². The Morgan fingerprint density at radius 2 is 1.62 bits per heavy atom. The smallest absolute Gasteiger partial charge is 0.272 e. The fourth-order valence-electron chi connectivity index (χ4n) is 5.54. The molecule has 3 amide bonds. The maximum atomic E-state index is 15.4. The third-order valence-electron chi connectivity index (χ3n) is 8.56. The summed E-state index contributed by atoms with van der Waals surface area (Å²) in [5, 5.41) is 26.8. The normalized spacial score (nSPS) is 18.1. The lowest BCUT2D eigenvalue weighted by Crippen LogP contribution is -2.57. The van der Waals surface area contributed by atoms with Crippen molar-refractivity contribution in [1.29, 1.82) is 0 Å². The van der Waals surface area contributed by atoms with E-state index in [-0.39, 0.29) is 24.3 Å². The molecule has 45 heavy (non-hydrogen) atoms. The zero-order valence-electron chi connectivity index (χ0n) is 26.1. The van der Waals surface area contributed by atoms with Gasteiger partial charge in [0, 0.05) is 37.5 Å². The number of carbonyl (C=O) groups is 3. The van der Waals surface area contributed by atoms with Crippen LogP contribution < -0.4 is 15.5 Å². The van der Waals surface area contributed by atoms with Gasteiger partial charge in [0.1, 0.15) is 11.8 Å². The van der Waals surface area contributed by atoms with Crippen molar-refractivity contribution in [3.8, 4) is 5.75 Å². The van der Waals surface area contributed by atoms with Crippen LogP contribution in [-0.2, 0) is 22.6 Å². The molecule has 0 unspecified atom stereocenters. The second-order valence-electron chi connectivity index (χ2n) is 12.2. The highest BCUT2D eigenvalue weighted by molar-refractivity contribution is 5.97. The number of rotatable bonds is 10. The van der Waals surface area contributed by atoms with Crippen molar-refractivity contribution in [2.45, 2.75) is 57.8 Å². The number of halogens is 2. The van der Waals surface area contributed by atoms with E-state index in [9.17, 15) is 24.6 Å². The van der Waals surface area contributed by atoms with Crippen LogP contribution in [0, 0.1) is 12.3 Å². The van der Waals surface area contributed by atoms with Crippen LogP contribution in [0.4, 0.5) is 14.5 Å². The Hall–Kier alpha value is -4.51. The summed E-state index contributed by atoms with van der Waals surface area (Å²) >= 11 is 0. The molecule has 3 aromatic rings. The Labute approximate surface area is 261 Å². The Balaban J connectivity index is 1.59. The summed E-state index contributed by atoms with van der Waals surface area (Å²) in [7, 11) is 3.78. The molecular weight excluding hydrogens is 582 g/mol. The summed E-state index contributed by atoms with van der Waals surface area (Å²) in [5.41, 5.74) is 0.814. The zero-order chi connectivity index (χ0) is 33.1. The van der Waals surface area contributed by atoms with E-state index in [0.29, 0.717) is 11.1 Å². The van der Waals surface area contributed by atoms with Crippen LogP contribution in [0.2, 0.25) is 0 Å². The first-order valence-corrected chi connectivity index (χ1v) is 14.7. The monoisotopic (exact) mass is 622 g/mol. The number of aliphatic hydroxyl groups excluding tert-OH is 1. The predicted octanol–water partition coefficient (Wildman–Crippen LogP) is 3.66. The minimum atomic E-state index is -3.45. The second-order valence-corrected chi connectivity index (χ2v) is 12.2. The lowest BCUT2D eigenvalue weighted by molar-refractivity contribution is -0.148. The highest BCUT2D eigenvalue weighted by atomic mass is 19.3. The van der Waals surface area contributed by atoms with Crippen molar-refractivity contribution >= 4 is 23.4 Å². The van der Waals surface area contributed by atoms with Gasteiger partial charge in [0.15, 0.2) is 6.10 Å². The van der Waals surface area contributed by atoms with E-state index in [0.717, 1.165) is 16.2 Å². The van der Waals surface area contributed by atoms with Gasteiger partial charge in [-0.3, -0.25) is 14.4 Å². The molecule has 3 atom stereocenters. The van der Waals surface area contributed by atoms with Gasteiger partial charge in [-0.05, 0) is 48.7 Å². The molecular formula is C34H40F2N4O5. The Morgan fingerprint density at radius 1 is 0.978 bits per heavy atom. The highest BCUT2D eigenvalue weighted by Crippen LogP contribution is 2.48. The molecule has 0 saturated carbocycles. The van der Waals surface area contributed by atoms with E-state index in [4.69, 9.17) is 0 Å². The first-order chi connectivity index (χ1) is 21.1. The summed E-state index contributed by atoms with van der Waals surface area (Å²) in [5.74, 6) is -6.12. The second kappa shape index (κ2) is 13.2. The fraction of sp³-hybridized carbons (Fsp3) is 0.382. The average molecular weight is 623 g/mol. The predicted molar refractivity (Wildman–Crippen MR) is 167 cm³/mol. The number of hydrogen-bond acceptors (Lipinski definition) is 6. The van der Waals surface area contributed by atoms with Crippen LogP contribution in [0.1, 0.15) is 40.9 Å². The molecule has 1 heterocycles. The number of benzene rings is 3. The van der Waals surface area contributed by atoms with Gasteiger partial charge in [0.05, 0.1) is 18.0 Å². The fourth-order valence-corrected chi connectivity index (χ4v) is 5.54. The van der Waals surface area contributed by atoms with E-state index < -0.39 is 53.8 Å². The number of phenols is 1. The summed E-state index contributed by atoms with van der Waals surface area (Å²) in [6.07, 6.45) is -1.98. The number of aliphatic hydroxyl groups is 1. The summed E-state index contributed by atoms with van der Waals surface area (Å²) in [6.45, 7) is 2.95. The van der Waals surface area contributed by atoms with E-state index in [1.54, 1.807) is 37.3 Å². The van der Waals surface area contributed by atoms with Crippen molar-refractivity contribution in [3.05, 3.63) is 95.1 Å². The first-order valence-electron chi connectivity index (χ1n) is 14.7. The highest BCUT2D eigenvalue weighted by Gasteiger charge is 2.64. The number of phenolic OH excluding ortho intramolecular Hbond substituents is 1. The number of likely N-dealkylation sites (tertiary alicyclic amines) is 1. The molecule has 3 aromatic carbocycles. The molecule has 0 radical (unpaired) electrons. The standard InChI is InChI=1S/C34H40F2N4O5/c1-21-25(12-9-13-27(21)41)30(43)38-26(18-22-10-7-6-8-11-22)28(42)32(45)40-20-34(35,36)33(2,3)29(40)31(44)37-19-23-14-16-24(17-15-23)39(4)5/h6-17,26,28-29,41-42H,18-20H2,1-5H3,(H,37,44)(H,38,43)/t26-,28-,29+/m0/s1. The third kappa shape index (κ3) is 7.09. The average Bonchev–Trinajstić information content (AvgIpc) is 3.19. The molecule has 0 aliphatic carbocycles. The number of alkyl halides is 2. The molecule has 1 fully saturated rings. The minimum absolute atomic E-state index is 0.00914. The van der Waals surface area contributed by atoms with E-state index in [1.807, 2.05) is 43.3 Å². The van der Waals surface area contributed by atoms with Crippen LogP contribution in [0.25, 0.3) is 0 Å². The molecule has 1 aliphatic rings. The topological polar surface area (TPSA) is 122 Å². The van der Waals surface area contributed by atoms with Crippen LogP contribution in [0.15, 0.2) is 72.8 Å². The number of hydrogen-bond donors (Lipinski definition) is 4. The zero-order valence-corrected chi connectivity index (χ0v) is 26.1. The molecule has 4 N–H and O–H groups in total. The van der Waals surface area contributed by atoms with Crippen LogP contribution in [-0.4, -0.2) is 77.6 Å². The largest absolute Gasteiger partial charge is 0.508 e. The third-order valence-corrected chi connectivity index (χ3v) is 8.56. The number of aromatic hydroxyl groups is 1. The molecule has 0 aromatic heterocycles. The summed E-state index contributed by atoms with van der Waals surface area (Å²) in [6, 6.07) is 17.6. The molecule has 240 valence electrons. The van der Waals surface area contributed by atoms with E-state index in [1.165, 1.54) is 32.0 Å². The van der Waals surface area contributed by atoms with E-state index >= 15 is 8.78 Å². The quantitative estimate of drug-likeness (QED) is 0.274. The maximum absolute atomic E-state index is 15.4. The lowest BCUT2D eigenvalue weighted by Gasteiger charge is -2.34. The summed E-state index contributed by atoms with van der Waals surface area (Å²) < 4.78 is 30.8. The SMILES string of the molecule is Cc1c(O)cccc1C(=O)N[C@@H](Cc1ccccc1)[C@H](O)C(=O)N1CC(F)(F)C(C)(C)[C@H]1C(=O)NCc1ccc(N(C)C)cc1. The van der Waals surface area contributed by atoms with Gasteiger partial charge in [-0.25, -0.2) is 8.78 Å². The number of nitrogens with zero attached hydrogens (tertiary/aromatic N) is 2. The Bertz CT molecular complexity index is 1530. The Kier molecular flexibility index (Phi) is 9.82. The number of amides is 3.